The van der Waals surface area contributed by atoms with E-state index in [0.29, 0.717) is 12.4 Å². The maximum Gasteiger partial charge on any atom is 0.123 e. The first-order valence-electron chi connectivity index (χ1n) is 5.55. The Morgan fingerprint density at radius 3 is 1.50 bits per heavy atom. The molecule has 0 bridgehead atoms. The predicted octanol–water partition coefficient (Wildman–Crippen LogP) is 4.34. The van der Waals surface area contributed by atoms with E-state index in [1.165, 1.54) is 24.3 Å². The summed E-state index contributed by atoms with van der Waals surface area (Å²) in [4.78, 5) is 1.91. The van der Waals surface area contributed by atoms with Crippen LogP contribution in [0.4, 0.5) is 20.2 Å². The molecule has 0 aromatic heterocycles. The van der Waals surface area contributed by atoms with Gasteiger partial charge in [-0.15, -0.1) is 11.6 Å². The molecule has 0 saturated carbocycles. The maximum absolute atomic E-state index is 12.9. The lowest BCUT2D eigenvalue weighted by molar-refractivity contribution is 0.627. The normalized spacial score (nSPS) is 10.4. The Morgan fingerprint density at radius 1 is 0.778 bits per heavy atom. The molecular formula is C14H12ClF2N. The number of anilines is 2. The fourth-order valence-electron chi connectivity index (χ4n) is 1.73. The summed E-state index contributed by atoms with van der Waals surface area (Å²) >= 11 is 5.77. The van der Waals surface area contributed by atoms with Crippen molar-refractivity contribution in [3.63, 3.8) is 0 Å². The molecule has 94 valence electrons. The van der Waals surface area contributed by atoms with Gasteiger partial charge in [0.2, 0.25) is 0 Å². The third kappa shape index (κ3) is 2.99. The van der Waals surface area contributed by atoms with Gasteiger partial charge in [-0.25, -0.2) is 8.78 Å². The Morgan fingerprint density at radius 2 is 1.17 bits per heavy atom. The standard InChI is InChI=1S/C14H12ClF2N/c15-9-10-18(13-5-1-11(16)2-6-13)14-7-3-12(17)4-8-14/h1-8H,9-10H2. The molecule has 0 unspecified atom stereocenters. The van der Waals surface area contributed by atoms with E-state index in [1.54, 1.807) is 24.3 Å². The van der Waals surface area contributed by atoms with Crippen molar-refractivity contribution in [2.45, 2.75) is 0 Å². The van der Waals surface area contributed by atoms with Gasteiger partial charge in [-0.05, 0) is 48.5 Å². The van der Waals surface area contributed by atoms with E-state index in [2.05, 4.69) is 0 Å². The molecule has 0 N–H and O–H groups in total. The zero-order valence-corrected chi connectivity index (χ0v) is 10.4. The van der Waals surface area contributed by atoms with E-state index in [9.17, 15) is 8.78 Å². The monoisotopic (exact) mass is 267 g/mol. The van der Waals surface area contributed by atoms with Gasteiger partial charge in [0.05, 0.1) is 0 Å². The van der Waals surface area contributed by atoms with Gasteiger partial charge in [0.25, 0.3) is 0 Å². The Hall–Kier alpha value is -1.61. The van der Waals surface area contributed by atoms with E-state index in [4.69, 9.17) is 11.6 Å². The summed E-state index contributed by atoms with van der Waals surface area (Å²) in [6, 6.07) is 12.2. The molecule has 0 atom stereocenters. The molecule has 2 aromatic rings. The van der Waals surface area contributed by atoms with Crippen LogP contribution in [-0.4, -0.2) is 12.4 Å². The van der Waals surface area contributed by atoms with Gasteiger partial charge in [0.1, 0.15) is 11.6 Å². The van der Waals surface area contributed by atoms with Crippen molar-refractivity contribution in [3.05, 3.63) is 60.2 Å². The van der Waals surface area contributed by atoms with Crippen molar-refractivity contribution in [1.29, 1.82) is 0 Å². The Balaban J connectivity index is 2.33. The molecule has 2 rings (SSSR count). The number of alkyl halides is 1. The van der Waals surface area contributed by atoms with Gasteiger partial charge in [0, 0.05) is 23.8 Å². The molecule has 0 saturated heterocycles. The average Bonchev–Trinajstić information content (AvgIpc) is 2.39. The fourth-order valence-corrected chi connectivity index (χ4v) is 1.90. The molecule has 0 heterocycles. The van der Waals surface area contributed by atoms with Gasteiger partial charge in [-0.2, -0.15) is 0 Å². The van der Waals surface area contributed by atoms with Crippen LogP contribution < -0.4 is 4.90 Å². The molecule has 0 aliphatic carbocycles. The second-order valence-electron chi connectivity index (χ2n) is 3.79. The van der Waals surface area contributed by atoms with Gasteiger partial charge < -0.3 is 4.90 Å². The van der Waals surface area contributed by atoms with Crippen LogP contribution in [0.3, 0.4) is 0 Å². The van der Waals surface area contributed by atoms with Crippen molar-refractivity contribution in [2.75, 3.05) is 17.3 Å². The third-order valence-corrected chi connectivity index (χ3v) is 2.75. The third-order valence-electron chi connectivity index (χ3n) is 2.58. The summed E-state index contributed by atoms with van der Waals surface area (Å²) in [5.41, 5.74) is 1.65. The van der Waals surface area contributed by atoms with Gasteiger partial charge in [0.15, 0.2) is 0 Å². The minimum atomic E-state index is -0.288. The quantitative estimate of drug-likeness (QED) is 0.745. The first kappa shape index (κ1) is 12.8. The highest BCUT2D eigenvalue weighted by Gasteiger charge is 2.08. The second kappa shape index (κ2) is 5.83. The highest BCUT2D eigenvalue weighted by Crippen LogP contribution is 2.25. The average molecular weight is 268 g/mol. The molecule has 2 aromatic carbocycles. The molecule has 0 radical (unpaired) electrons. The highest BCUT2D eigenvalue weighted by molar-refractivity contribution is 6.18. The van der Waals surface area contributed by atoms with Crippen LogP contribution in [0.25, 0.3) is 0 Å². The molecule has 0 aliphatic rings. The lowest BCUT2D eigenvalue weighted by Gasteiger charge is -2.24. The van der Waals surface area contributed by atoms with Crippen molar-refractivity contribution in [1.82, 2.24) is 0 Å². The first-order valence-corrected chi connectivity index (χ1v) is 6.09. The topological polar surface area (TPSA) is 3.24 Å². The summed E-state index contributed by atoms with van der Waals surface area (Å²) in [5, 5.41) is 0. The summed E-state index contributed by atoms with van der Waals surface area (Å²) in [5.74, 6) is -0.151. The molecule has 0 aliphatic heterocycles. The largest absolute Gasteiger partial charge is 0.340 e. The molecule has 1 nitrogen and oxygen atoms in total. The van der Waals surface area contributed by atoms with E-state index >= 15 is 0 Å². The molecular weight excluding hydrogens is 256 g/mol. The smallest absolute Gasteiger partial charge is 0.123 e. The fraction of sp³-hybridized carbons (Fsp3) is 0.143. The van der Waals surface area contributed by atoms with Crippen LogP contribution in [0.1, 0.15) is 0 Å². The van der Waals surface area contributed by atoms with E-state index in [0.717, 1.165) is 11.4 Å². The number of rotatable bonds is 4. The number of benzene rings is 2. The lowest BCUT2D eigenvalue weighted by Crippen LogP contribution is -2.19. The zero-order chi connectivity index (χ0) is 13.0. The summed E-state index contributed by atoms with van der Waals surface area (Å²) in [6.45, 7) is 0.568. The maximum atomic E-state index is 12.9. The summed E-state index contributed by atoms with van der Waals surface area (Å²) in [7, 11) is 0. The predicted molar refractivity (Wildman–Crippen MR) is 70.5 cm³/mol. The van der Waals surface area contributed by atoms with Gasteiger partial charge in [-0.3, -0.25) is 0 Å². The number of halogens is 3. The minimum Gasteiger partial charge on any atom is -0.340 e. The van der Waals surface area contributed by atoms with E-state index in [1.807, 2.05) is 4.90 Å². The lowest BCUT2D eigenvalue weighted by atomic mass is 10.2. The van der Waals surface area contributed by atoms with Crippen LogP contribution in [0.15, 0.2) is 48.5 Å². The van der Waals surface area contributed by atoms with Crippen LogP contribution in [0.5, 0.6) is 0 Å². The number of hydrogen-bond donors (Lipinski definition) is 0. The van der Waals surface area contributed by atoms with Crippen molar-refractivity contribution < 1.29 is 8.78 Å². The van der Waals surface area contributed by atoms with E-state index in [-0.39, 0.29) is 11.6 Å². The van der Waals surface area contributed by atoms with Crippen molar-refractivity contribution >= 4 is 23.0 Å². The molecule has 0 spiro atoms. The molecule has 0 fully saturated rings. The highest BCUT2D eigenvalue weighted by atomic mass is 35.5. The van der Waals surface area contributed by atoms with Crippen molar-refractivity contribution in [3.8, 4) is 0 Å². The molecule has 18 heavy (non-hydrogen) atoms. The molecule has 0 amide bonds. The number of nitrogens with zero attached hydrogens (tertiary/aromatic N) is 1. The van der Waals surface area contributed by atoms with Crippen LogP contribution >= 0.6 is 11.6 Å². The SMILES string of the molecule is Fc1ccc(N(CCCl)c2ccc(F)cc2)cc1. The Labute approximate surface area is 110 Å². The van der Waals surface area contributed by atoms with Crippen molar-refractivity contribution in [2.24, 2.45) is 0 Å². The number of hydrogen-bond acceptors (Lipinski definition) is 1. The summed E-state index contributed by atoms with van der Waals surface area (Å²) in [6.07, 6.45) is 0. The molecule has 4 heteroatoms. The zero-order valence-electron chi connectivity index (χ0n) is 9.61. The Kier molecular flexibility index (Phi) is 4.15. The van der Waals surface area contributed by atoms with Crippen LogP contribution in [0.2, 0.25) is 0 Å². The van der Waals surface area contributed by atoms with Crippen LogP contribution in [0, 0.1) is 11.6 Å². The van der Waals surface area contributed by atoms with Gasteiger partial charge in [-0.1, -0.05) is 0 Å². The Bertz CT molecular complexity index is 451. The first-order chi connectivity index (χ1) is 8.70. The van der Waals surface area contributed by atoms with Gasteiger partial charge >= 0.3 is 0 Å². The van der Waals surface area contributed by atoms with E-state index < -0.39 is 0 Å². The van der Waals surface area contributed by atoms with Crippen LogP contribution in [-0.2, 0) is 0 Å². The summed E-state index contributed by atoms with van der Waals surface area (Å²) < 4.78 is 25.8. The minimum absolute atomic E-state index is 0.288. The second-order valence-corrected chi connectivity index (χ2v) is 4.17.